The first-order valence-electron chi connectivity index (χ1n) is 4.74. The third kappa shape index (κ3) is 1.81. The summed E-state index contributed by atoms with van der Waals surface area (Å²) >= 11 is 1.66. The van der Waals surface area contributed by atoms with Crippen LogP contribution in [0.15, 0.2) is 11.6 Å². The Hall–Kier alpha value is -0.490. The summed E-state index contributed by atoms with van der Waals surface area (Å²) in [4.78, 5) is 6.59. The van der Waals surface area contributed by atoms with E-state index in [0.717, 1.165) is 18.2 Å². The number of aromatic nitrogens is 1. The summed E-state index contributed by atoms with van der Waals surface area (Å²) in [6.45, 7) is 2.26. The van der Waals surface area contributed by atoms with Crippen LogP contribution in [0.4, 0.5) is 0 Å². The van der Waals surface area contributed by atoms with Gasteiger partial charge in [-0.1, -0.05) is 0 Å². The highest BCUT2D eigenvalue weighted by Crippen LogP contribution is 2.28. The molecular weight excluding hydrogens is 198 g/mol. The second-order valence-electron chi connectivity index (χ2n) is 3.44. The number of nitrogens with zero attached hydrogens (tertiary/aromatic N) is 2. The van der Waals surface area contributed by atoms with Gasteiger partial charge in [-0.15, -0.1) is 11.3 Å². The van der Waals surface area contributed by atoms with E-state index < -0.39 is 0 Å². The predicted octanol–water partition coefficient (Wildman–Crippen LogP) is 0.473. The van der Waals surface area contributed by atoms with E-state index in [1.807, 2.05) is 11.6 Å². The second kappa shape index (κ2) is 4.35. The molecule has 14 heavy (non-hydrogen) atoms. The molecule has 1 fully saturated rings. The highest BCUT2D eigenvalue weighted by Gasteiger charge is 2.32. The minimum absolute atomic E-state index is 0.0832. The summed E-state index contributed by atoms with van der Waals surface area (Å²) < 4.78 is 5.63. The van der Waals surface area contributed by atoms with Crippen molar-refractivity contribution in [2.45, 2.75) is 12.1 Å². The molecule has 2 rings (SSSR count). The van der Waals surface area contributed by atoms with Crippen LogP contribution in [0.3, 0.4) is 0 Å². The van der Waals surface area contributed by atoms with E-state index in [-0.39, 0.29) is 12.1 Å². The molecule has 0 aliphatic carbocycles. The van der Waals surface area contributed by atoms with Gasteiger partial charge >= 0.3 is 0 Å². The fourth-order valence-electron chi connectivity index (χ4n) is 1.79. The lowest BCUT2D eigenvalue weighted by atomic mass is 10.1. The molecule has 0 saturated carbocycles. The Balaban J connectivity index is 2.19. The lowest BCUT2D eigenvalue weighted by molar-refractivity contribution is -0.0576. The number of rotatable bonds is 2. The van der Waals surface area contributed by atoms with Crippen molar-refractivity contribution in [3.8, 4) is 0 Å². The van der Waals surface area contributed by atoms with Crippen molar-refractivity contribution in [1.82, 2.24) is 9.88 Å². The van der Waals surface area contributed by atoms with Gasteiger partial charge in [0, 0.05) is 24.7 Å². The van der Waals surface area contributed by atoms with Gasteiger partial charge in [0.05, 0.1) is 18.8 Å². The number of hydrogen-bond acceptors (Lipinski definition) is 5. The fraction of sp³-hybridized carbons (Fsp3) is 0.667. The van der Waals surface area contributed by atoms with Gasteiger partial charge in [-0.3, -0.25) is 4.90 Å². The van der Waals surface area contributed by atoms with E-state index in [2.05, 4.69) is 16.9 Å². The molecule has 1 saturated heterocycles. The van der Waals surface area contributed by atoms with Crippen molar-refractivity contribution in [1.29, 1.82) is 0 Å². The molecule has 1 aromatic rings. The zero-order chi connectivity index (χ0) is 9.97. The Morgan fingerprint density at radius 1 is 1.79 bits per heavy atom. The van der Waals surface area contributed by atoms with Gasteiger partial charge < -0.3 is 10.5 Å². The van der Waals surface area contributed by atoms with Gasteiger partial charge in [-0.25, -0.2) is 4.98 Å². The monoisotopic (exact) mass is 213 g/mol. The Bertz CT molecular complexity index is 278. The van der Waals surface area contributed by atoms with Crippen molar-refractivity contribution in [2.75, 3.05) is 26.7 Å². The first-order chi connectivity index (χ1) is 6.83. The van der Waals surface area contributed by atoms with Gasteiger partial charge in [0.25, 0.3) is 0 Å². The van der Waals surface area contributed by atoms with Crippen molar-refractivity contribution in [2.24, 2.45) is 5.73 Å². The summed E-state index contributed by atoms with van der Waals surface area (Å²) in [7, 11) is 2.09. The smallest absolute Gasteiger partial charge is 0.112 e. The van der Waals surface area contributed by atoms with Gasteiger partial charge in [-0.2, -0.15) is 0 Å². The lowest BCUT2D eigenvalue weighted by Crippen LogP contribution is -2.46. The van der Waals surface area contributed by atoms with Crippen LogP contribution in [-0.2, 0) is 4.74 Å². The second-order valence-corrected chi connectivity index (χ2v) is 4.37. The van der Waals surface area contributed by atoms with Crippen molar-refractivity contribution >= 4 is 11.3 Å². The molecule has 2 heterocycles. The summed E-state index contributed by atoms with van der Waals surface area (Å²) in [6, 6.07) is 0.230. The fourth-order valence-corrected chi connectivity index (χ4v) is 2.64. The lowest BCUT2D eigenvalue weighted by Gasteiger charge is -2.37. The molecule has 0 amide bonds. The molecule has 0 spiro atoms. The van der Waals surface area contributed by atoms with Gasteiger partial charge in [0.1, 0.15) is 5.01 Å². The quantitative estimate of drug-likeness (QED) is 0.776. The number of ether oxygens (including phenoxy) is 1. The zero-order valence-corrected chi connectivity index (χ0v) is 9.04. The molecule has 1 aliphatic rings. The maximum atomic E-state index is 5.69. The van der Waals surface area contributed by atoms with E-state index in [4.69, 9.17) is 10.5 Å². The number of morpholine rings is 1. The minimum Gasteiger partial charge on any atom is -0.373 e. The molecule has 0 radical (unpaired) electrons. The van der Waals surface area contributed by atoms with Crippen LogP contribution in [0.1, 0.15) is 11.0 Å². The van der Waals surface area contributed by atoms with Gasteiger partial charge in [-0.05, 0) is 7.05 Å². The van der Waals surface area contributed by atoms with E-state index in [1.54, 1.807) is 11.3 Å². The SMILES string of the molecule is CN1CCOC(CN)C1c1nccs1. The summed E-state index contributed by atoms with van der Waals surface area (Å²) in [5.74, 6) is 0. The van der Waals surface area contributed by atoms with Crippen molar-refractivity contribution < 1.29 is 4.74 Å². The average molecular weight is 213 g/mol. The molecule has 2 atom stereocenters. The predicted molar refractivity (Wildman–Crippen MR) is 56.3 cm³/mol. The van der Waals surface area contributed by atoms with E-state index in [0.29, 0.717) is 6.54 Å². The third-order valence-electron chi connectivity index (χ3n) is 2.54. The average Bonchev–Trinajstić information content (AvgIpc) is 2.70. The molecular formula is C9H15N3OS. The number of nitrogens with two attached hydrogens (primary N) is 1. The Morgan fingerprint density at radius 3 is 3.29 bits per heavy atom. The zero-order valence-electron chi connectivity index (χ0n) is 8.22. The molecule has 78 valence electrons. The normalized spacial score (nSPS) is 29.3. The Labute approximate surface area is 87.7 Å². The van der Waals surface area contributed by atoms with Crippen LogP contribution in [-0.4, -0.2) is 42.7 Å². The maximum Gasteiger partial charge on any atom is 0.112 e. The largest absolute Gasteiger partial charge is 0.373 e. The number of likely N-dealkylation sites (N-methyl/N-ethyl adjacent to an activating group) is 1. The number of thiazole rings is 1. The summed E-state index contributed by atoms with van der Waals surface area (Å²) in [6.07, 6.45) is 1.91. The topological polar surface area (TPSA) is 51.4 Å². The molecule has 1 aliphatic heterocycles. The highest BCUT2D eigenvalue weighted by atomic mass is 32.1. The van der Waals surface area contributed by atoms with E-state index in [9.17, 15) is 0 Å². The molecule has 0 bridgehead atoms. The van der Waals surface area contributed by atoms with E-state index in [1.165, 1.54) is 0 Å². The van der Waals surface area contributed by atoms with Crippen LogP contribution in [0, 0.1) is 0 Å². The molecule has 2 N–H and O–H groups in total. The number of hydrogen-bond donors (Lipinski definition) is 1. The Morgan fingerprint density at radius 2 is 2.64 bits per heavy atom. The minimum atomic E-state index is 0.0832. The highest BCUT2D eigenvalue weighted by molar-refractivity contribution is 7.09. The first-order valence-corrected chi connectivity index (χ1v) is 5.62. The van der Waals surface area contributed by atoms with Crippen molar-refractivity contribution in [3.63, 3.8) is 0 Å². The van der Waals surface area contributed by atoms with Gasteiger partial charge in [0.15, 0.2) is 0 Å². The molecule has 1 aromatic heterocycles. The molecule has 2 unspecified atom stereocenters. The van der Waals surface area contributed by atoms with E-state index >= 15 is 0 Å². The van der Waals surface area contributed by atoms with Crippen LogP contribution in [0.5, 0.6) is 0 Å². The Kier molecular flexibility index (Phi) is 3.12. The molecule has 5 heteroatoms. The van der Waals surface area contributed by atoms with Crippen molar-refractivity contribution in [3.05, 3.63) is 16.6 Å². The van der Waals surface area contributed by atoms with Crippen LogP contribution in [0.2, 0.25) is 0 Å². The molecule has 4 nitrogen and oxygen atoms in total. The standard InChI is InChI=1S/C9H15N3OS/c1-12-3-4-13-7(6-10)8(12)9-11-2-5-14-9/h2,5,7-8H,3-4,6,10H2,1H3. The van der Waals surface area contributed by atoms with Gasteiger partial charge in [0.2, 0.25) is 0 Å². The first kappa shape index (κ1) is 10.0. The third-order valence-corrected chi connectivity index (χ3v) is 3.39. The van der Waals surface area contributed by atoms with Crippen LogP contribution in [0.25, 0.3) is 0 Å². The molecule has 0 aromatic carbocycles. The summed E-state index contributed by atoms with van der Waals surface area (Å²) in [5.41, 5.74) is 5.69. The summed E-state index contributed by atoms with van der Waals surface area (Å²) in [5, 5.41) is 3.09. The van der Waals surface area contributed by atoms with Crippen LogP contribution < -0.4 is 5.73 Å². The maximum absolute atomic E-state index is 5.69. The van der Waals surface area contributed by atoms with Crippen LogP contribution >= 0.6 is 11.3 Å².